The second-order valence-electron chi connectivity index (χ2n) is 8.00. The smallest absolute Gasteiger partial charge is 0.410 e. The third-order valence-electron chi connectivity index (χ3n) is 4.21. The Hall–Kier alpha value is -2.30. The molecule has 1 heterocycles. The summed E-state index contributed by atoms with van der Waals surface area (Å²) in [5, 5.41) is 10.8. The van der Waals surface area contributed by atoms with Gasteiger partial charge in [0.1, 0.15) is 5.60 Å². The van der Waals surface area contributed by atoms with Crippen LogP contribution in [0.25, 0.3) is 0 Å². The molecule has 0 spiro atoms. The molecule has 0 saturated heterocycles. The summed E-state index contributed by atoms with van der Waals surface area (Å²) < 4.78 is 7.27. The van der Waals surface area contributed by atoms with Crippen molar-refractivity contribution in [2.75, 3.05) is 26.7 Å². The van der Waals surface area contributed by atoms with Gasteiger partial charge >= 0.3 is 6.09 Å². The fourth-order valence-electron chi connectivity index (χ4n) is 2.71. The Bertz CT molecular complexity index is 818. The van der Waals surface area contributed by atoms with E-state index < -0.39 is 5.60 Å². The number of aromatic nitrogens is 2. The molecule has 0 bridgehead atoms. The molecule has 1 aromatic heterocycles. The minimum Gasteiger partial charge on any atom is -0.444 e. The Morgan fingerprint density at radius 1 is 1.19 bits per heavy atom. The van der Waals surface area contributed by atoms with Gasteiger partial charge in [-0.1, -0.05) is 24.3 Å². The van der Waals surface area contributed by atoms with E-state index in [4.69, 9.17) is 9.73 Å². The summed E-state index contributed by atoms with van der Waals surface area (Å²) in [5.74, 6) is 0.712. The van der Waals surface area contributed by atoms with Crippen molar-refractivity contribution < 1.29 is 9.53 Å². The molecule has 0 aliphatic rings. The van der Waals surface area contributed by atoms with Crippen LogP contribution in [0, 0.1) is 0 Å². The van der Waals surface area contributed by atoms with Gasteiger partial charge in [-0.15, -0.1) is 24.0 Å². The fraction of sp³-hybridized carbons (Fsp3) is 0.500. The first-order valence-corrected chi connectivity index (χ1v) is 10.3. The summed E-state index contributed by atoms with van der Waals surface area (Å²) in [6.07, 6.45) is 3.40. The van der Waals surface area contributed by atoms with Gasteiger partial charge in [-0.3, -0.25) is 4.68 Å². The Morgan fingerprint density at radius 3 is 2.52 bits per heavy atom. The zero-order chi connectivity index (χ0) is 22.0. The molecule has 0 aliphatic heterocycles. The highest BCUT2D eigenvalue weighted by Crippen LogP contribution is 2.12. The van der Waals surface area contributed by atoms with Crippen LogP contribution in [0.2, 0.25) is 0 Å². The molecular weight excluding hydrogens is 507 g/mol. The molecule has 0 radical (unpaired) electrons. The molecule has 8 nitrogen and oxygen atoms in total. The predicted octanol–water partition coefficient (Wildman–Crippen LogP) is 3.47. The highest BCUT2D eigenvalue weighted by molar-refractivity contribution is 14.0. The lowest BCUT2D eigenvalue weighted by Crippen LogP contribution is -2.43. The Labute approximate surface area is 202 Å². The Kier molecular flexibility index (Phi) is 11.4. The first-order valence-electron chi connectivity index (χ1n) is 10.3. The number of nitrogens with zero attached hydrogens (tertiary/aromatic N) is 4. The van der Waals surface area contributed by atoms with Crippen LogP contribution in [0.4, 0.5) is 4.79 Å². The number of carbonyl (C=O) groups is 1. The van der Waals surface area contributed by atoms with Crippen molar-refractivity contribution >= 4 is 36.0 Å². The van der Waals surface area contributed by atoms with Crippen molar-refractivity contribution in [1.29, 1.82) is 0 Å². The second kappa shape index (κ2) is 13.2. The van der Waals surface area contributed by atoms with Gasteiger partial charge in [-0.25, -0.2) is 9.79 Å². The third-order valence-corrected chi connectivity index (χ3v) is 4.21. The number of amides is 1. The molecule has 0 aliphatic carbocycles. The molecule has 0 unspecified atom stereocenters. The number of benzene rings is 1. The molecule has 0 saturated carbocycles. The Balaban J connectivity index is 0.00000480. The first-order chi connectivity index (χ1) is 14.3. The predicted molar refractivity (Wildman–Crippen MR) is 135 cm³/mol. The summed E-state index contributed by atoms with van der Waals surface area (Å²) in [4.78, 5) is 18.3. The molecule has 0 atom stereocenters. The monoisotopic (exact) mass is 542 g/mol. The van der Waals surface area contributed by atoms with Gasteiger partial charge in [-0.05, 0) is 44.9 Å². The molecule has 9 heteroatoms. The number of halogens is 1. The molecule has 1 aromatic carbocycles. The summed E-state index contributed by atoms with van der Waals surface area (Å²) in [6.45, 7) is 10.7. The standard InChI is InChI=1S/C22H34N6O2.HI/c1-6-23-20(24-13-15-27(5)21(29)30-22(2,3)4)25-16-18-10-7-8-11-19(18)17-28-14-9-12-26-28;/h7-12,14H,6,13,15-17H2,1-5H3,(H2,23,24,25);1H. The molecule has 2 N–H and O–H groups in total. The van der Waals surface area contributed by atoms with Crippen LogP contribution in [-0.2, 0) is 17.8 Å². The number of ether oxygens (including phenoxy) is 1. The topological polar surface area (TPSA) is 83.8 Å². The maximum absolute atomic E-state index is 12.1. The number of hydrogen-bond acceptors (Lipinski definition) is 4. The molecule has 2 aromatic rings. The van der Waals surface area contributed by atoms with E-state index >= 15 is 0 Å². The van der Waals surface area contributed by atoms with Crippen LogP contribution >= 0.6 is 24.0 Å². The minimum absolute atomic E-state index is 0. The number of aliphatic imine (C=N–C) groups is 1. The van der Waals surface area contributed by atoms with Gasteiger partial charge in [0, 0.05) is 39.1 Å². The number of hydrogen-bond donors (Lipinski definition) is 2. The molecule has 31 heavy (non-hydrogen) atoms. The van der Waals surface area contributed by atoms with E-state index in [9.17, 15) is 4.79 Å². The summed E-state index contributed by atoms with van der Waals surface area (Å²) in [7, 11) is 1.73. The zero-order valence-corrected chi connectivity index (χ0v) is 21.4. The van der Waals surface area contributed by atoms with Crippen LogP contribution in [0.3, 0.4) is 0 Å². The van der Waals surface area contributed by atoms with Gasteiger partial charge in [0.15, 0.2) is 5.96 Å². The van der Waals surface area contributed by atoms with E-state index in [-0.39, 0.29) is 30.1 Å². The van der Waals surface area contributed by atoms with Gasteiger partial charge in [0.25, 0.3) is 0 Å². The summed E-state index contributed by atoms with van der Waals surface area (Å²) >= 11 is 0. The molecular formula is C22H35IN6O2. The van der Waals surface area contributed by atoms with Gasteiger partial charge in [-0.2, -0.15) is 5.10 Å². The average molecular weight is 542 g/mol. The summed E-state index contributed by atoms with van der Waals surface area (Å²) in [5.41, 5.74) is 1.83. The van der Waals surface area contributed by atoms with E-state index in [0.717, 1.165) is 12.1 Å². The van der Waals surface area contributed by atoms with Crippen LogP contribution in [0.1, 0.15) is 38.8 Å². The van der Waals surface area contributed by atoms with Gasteiger partial charge < -0.3 is 20.3 Å². The van der Waals surface area contributed by atoms with Crippen molar-refractivity contribution in [3.63, 3.8) is 0 Å². The van der Waals surface area contributed by atoms with Crippen molar-refractivity contribution in [2.45, 2.75) is 46.4 Å². The van der Waals surface area contributed by atoms with Crippen molar-refractivity contribution in [3.8, 4) is 0 Å². The molecule has 2 rings (SSSR count). The van der Waals surface area contributed by atoms with Crippen molar-refractivity contribution in [3.05, 3.63) is 53.9 Å². The number of carbonyl (C=O) groups excluding carboxylic acids is 1. The lowest BCUT2D eigenvalue weighted by atomic mass is 10.1. The van der Waals surface area contributed by atoms with E-state index in [2.05, 4.69) is 27.9 Å². The lowest BCUT2D eigenvalue weighted by molar-refractivity contribution is 0.0302. The van der Waals surface area contributed by atoms with Crippen LogP contribution in [0.15, 0.2) is 47.7 Å². The SMILES string of the molecule is CCNC(=NCc1ccccc1Cn1cccn1)NCCN(C)C(=O)OC(C)(C)C.I. The number of guanidine groups is 1. The highest BCUT2D eigenvalue weighted by atomic mass is 127. The van der Waals surface area contributed by atoms with Gasteiger partial charge in [0.05, 0.1) is 13.1 Å². The normalized spacial score (nSPS) is 11.5. The molecule has 172 valence electrons. The third kappa shape index (κ3) is 10.0. The van der Waals surface area contributed by atoms with E-state index in [1.807, 2.05) is 56.8 Å². The largest absolute Gasteiger partial charge is 0.444 e. The maximum atomic E-state index is 12.1. The van der Waals surface area contributed by atoms with Crippen LogP contribution < -0.4 is 10.6 Å². The van der Waals surface area contributed by atoms with Crippen molar-refractivity contribution in [1.82, 2.24) is 25.3 Å². The summed E-state index contributed by atoms with van der Waals surface area (Å²) in [6, 6.07) is 10.2. The minimum atomic E-state index is -0.501. The van der Waals surface area contributed by atoms with E-state index in [1.165, 1.54) is 5.56 Å². The Morgan fingerprint density at radius 2 is 1.90 bits per heavy atom. The van der Waals surface area contributed by atoms with Gasteiger partial charge in [0.2, 0.25) is 0 Å². The zero-order valence-electron chi connectivity index (χ0n) is 19.1. The van der Waals surface area contributed by atoms with Crippen molar-refractivity contribution in [2.24, 2.45) is 4.99 Å². The van der Waals surface area contributed by atoms with Crippen LogP contribution in [0.5, 0.6) is 0 Å². The maximum Gasteiger partial charge on any atom is 0.410 e. The van der Waals surface area contributed by atoms with E-state index in [1.54, 1.807) is 18.1 Å². The van der Waals surface area contributed by atoms with E-state index in [0.29, 0.717) is 32.1 Å². The lowest BCUT2D eigenvalue weighted by Gasteiger charge is -2.25. The second-order valence-corrected chi connectivity index (χ2v) is 8.00. The molecule has 0 fully saturated rings. The number of nitrogens with one attached hydrogen (secondary N) is 2. The highest BCUT2D eigenvalue weighted by Gasteiger charge is 2.19. The molecule has 1 amide bonds. The van der Waals surface area contributed by atoms with Crippen LogP contribution in [-0.4, -0.2) is 59.0 Å². The first kappa shape index (κ1) is 26.7. The average Bonchev–Trinajstić information content (AvgIpc) is 3.18. The fourth-order valence-corrected chi connectivity index (χ4v) is 2.71. The number of rotatable bonds is 8. The number of likely N-dealkylation sites (N-methyl/N-ethyl adjacent to an activating group) is 1. The quantitative estimate of drug-likeness (QED) is 0.303.